The standard InChI is InChI=1S/C14H19F2NO3/c15-13(16)20-11-3-1-10(2-4-11)12(18)14(9-17)5-7-19-8-6-14/h1-4,12-13,18H,5-9,17H2. The van der Waals surface area contributed by atoms with Crippen molar-refractivity contribution >= 4 is 0 Å². The number of aliphatic hydroxyl groups excluding tert-OH is 1. The molecule has 1 heterocycles. The molecule has 6 heteroatoms. The summed E-state index contributed by atoms with van der Waals surface area (Å²) >= 11 is 0. The molecule has 0 aromatic heterocycles. The molecule has 0 spiro atoms. The molecule has 1 fully saturated rings. The number of nitrogens with two attached hydrogens (primary N) is 1. The van der Waals surface area contributed by atoms with Gasteiger partial charge in [-0.25, -0.2) is 0 Å². The number of alkyl halides is 2. The molecular weight excluding hydrogens is 268 g/mol. The van der Waals surface area contributed by atoms with Crippen LogP contribution in [0, 0.1) is 5.41 Å². The van der Waals surface area contributed by atoms with Crippen molar-refractivity contribution in [3.63, 3.8) is 0 Å². The molecule has 0 aliphatic carbocycles. The van der Waals surface area contributed by atoms with Gasteiger partial charge in [-0.3, -0.25) is 0 Å². The Balaban J connectivity index is 2.13. The van der Waals surface area contributed by atoms with Crippen molar-refractivity contribution in [3.8, 4) is 5.75 Å². The Labute approximate surface area is 116 Å². The van der Waals surface area contributed by atoms with E-state index >= 15 is 0 Å². The molecule has 1 unspecified atom stereocenters. The minimum absolute atomic E-state index is 0.0738. The molecule has 4 nitrogen and oxygen atoms in total. The molecule has 3 N–H and O–H groups in total. The van der Waals surface area contributed by atoms with Crippen LogP contribution in [0.5, 0.6) is 5.75 Å². The zero-order chi connectivity index (χ0) is 14.6. The minimum atomic E-state index is -2.85. The molecule has 1 atom stereocenters. The van der Waals surface area contributed by atoms with Crippen molar-refractivity contribution in [2.24, 2.45) is 11.1 Å². The van der Waals surface area contributed by atoms with Crippen LogP contribution in [0.4, 0.5) is 8.78 Å². The Kier molecular flexibility index (Phi) is 4.91. The first-order chi connectivity index (χ1) is 9.57. The van der Waals surface area contributed by atoms with E-state index in [1.807, 2.05) is 0 Å². The van der Waals surface area contributed by atoms with Gasteiger partial charge in [0, 0.05) is 25.2 Å². The summed E-state index contributed by atoms with van der Waals surface area (Å²) in [6.45, 7) is -1.36. The number of rotatable bonds is 5. The Morgan fingerprint density at radius 3 is 2.35 bits per heavy atom. The van der Waals surface area contributed by atoms with Gasteiger partial charge in [0.1, 0.15) is 5.75 Å². The van der Waals surface area contributed by atoms with E-state index in [0.29, 0.717) is 38.2 Å². The summed E-state index contributed by atoms with van der Waals surface area (Å²) in [5.41, 5.74) is 6.07. The second-order valence-electron chi connectivity index (χ2n) is 5.03. The Hall–Kier alpha value is -1.24. The first-order valence-electron chi connectivity index (χ1n) is 6.58. The topological polar surface area (TPSA) is 64.7 Å². The fourth-order valence-corrected chi connectivity index (χ4v) is 2.55. The van der Waals surface area contributed by atoms with Crippen molar-refractivity contribution < 1.29 is 23.4 Å². The van der Waals surface area contributed by atoms with E-state index < -0.39 is 18.1 Å². The van der Waals surface area contributed by atoms with E-state index in [1.54, 1.807) is 12.1 Å². The molecule has 1 saturated heterocycles. The average molecular weight is 287 g/mol. The van der Waals surface area contributed by atoms with Gasteiger partial charge in [-0.2, -0.15) is 8.78 Å². The quantitative estimate of drug-likeness (QED) is 0.870. The van der Waals surface area contributed by atoms with Crippen LogP contribution in [0.15, 0.2) is 24.3 Å². The van der Waals surface area contributed by atoms with Gasteiger partial charge >= 0.3 is 6.61 Å². The van der Waals surface area contributed by atoms with Gasteiger partial charge in [-0.1, -0.05) is 12.1 Å². The van der Waals surface area contributed by atoms with Crippen molar-refractivity contribution in [1.82, 2.24) is 0 Å². The third-order valence-electron chi connectivity index (χ3n) is 3.90. The van der Waals surface area contributed by atoms with E-state index in [1.165, 1.54) is 12.1 Å². The highest BCUT2D eigenvalue weighted by Crippen LogP contribution is 2.41. The summed E-state index contributed by atoms with van der Waals surface area (Å²) in [6, 6.07) is 6.03. The summed E-state index contributed by atoms with van der Waals surface area (Å²) < 4.78 is 33.8. The van der Waals surface area contributed by atoms with E-state index in [-0.39, 0.29) is 5.75 Å². The number of hydrogen-bond donors (Lipinski definition) is 2. The highest BCUT2D eigenvalue weighted by atomic mass is 19.3. The van der Waals surface area contributed by atoms with Gasteiger partial charge in [0.2, 0.25) is 0 Å². The second-order valence-corrected chi connectivity index (χ2v) is 5.03. The molecule has 112 valence electrons. The molecule has 0 saturated carbocycles. The van der Waals surface area contributed by atoms with Crippen molar-refractivity contribution in [2.75, 3.05) is 19.8 Å². The number of benzene rings is 1. The molecule has 1 aliphatic heterocycles. The summed E-state index contributed by atoms with van der Waals surface area (Å²) in [7, 11) is 0. The van der Waals surface area contributed by atoms with E-state index in [9.17, 15) is 13.9 Å². The lowest BCUT2D eigenvalue weighted by atomic mass is 9.73. The molecule has 0 bridgehead atoms. The van der Waals surface area contributed by atoms with Crippen LogP contribution in [-0.4, -0.2) is 31.5 Å². The maximum Gasteiger partial charge on any atom is 0.387 e. The van der Waals surface area contributed by atoms with Crippen LogP contribution < -0.4 is 10.5 Å². The van der Waals surface area contributed by atoms with E-state index in [0.717, 1.165) is 0 Å². The Bertz CT molecular complexity index is 419. The van der Waals surface area contributed by atoms with Gasteiger partial charge in [-0.05, 0) is 30.5 Å². The van der Waals surface area contributed by atoms with Crippen LogP contribution in [0.2, 0.25) is 0 Å². The first kappa shape index (κ1) is 15.2. The lowest BCUT2D eigenvalue weighted by Crippen LogP contribution is -2.41. The summed E-state index contributed by atoms with van der Waals surface area (Å²) in [5, 5.41) is 10.5. The summed E-state index contributed by atoms with van der Waals surface area (Å²) in [4.78, 5) is 0. The third kappa shape index (κ3) is 3.26. The zero-order valence-corrected chi connectivity index (χ0v) is 11.1. The molecule has 2 rings (SSSR count). The van der Waals surface area contributed by atoms with Gasteiger partial charge < -0.3 is 20.3 Å². The van der Waals surface area contributed by atoms with E-state index in [2.05, 4.69) is 4.74 Å². The zero-order valence-electron chi connectivity index (χ0n) is 11.1. The van der Waals surface area contributed by atoms with E-state index in [4.69, 9.17) is 10.5 Å². The Morgan fingerprint density at radius 2 is 1.85 bits per heavy atom. The van der Waals surface area contributed by atoms with Crippen LogP contribution in [-0.2, 0) is 4.74 Å². The third-order valence-corrected chi connectivity index (χ3v) is 3.90. The molecule has 0 radical (unpaired) electrons. The maximum atomic E-state index is 12.1. The number of aliphatic hydroxyl groups is 1. The van der Waals surface area contributed by atoms with Crippen LogP contribution in [0.1, 0.15) is 24.5 Å². The lowest BCUT2D eigenvalue weighted by Gasteiger charge is -2.40. The molecule has 0 amide bonds. The lowest BCUT2D eigenvalue weighted by molar-refractivity contribution is -0.0585. The largest absolute Gasteiger partial charge is 0.435 e. The molecule has 1 aromatic carbocycles. The summed E-state index contributed by atoms with van der Waals surface area (Å²) in [5.74, 6) is 0.0738. The number of halogens is 2. The monoisotopic (exact) mass is 287 g/mol. The first-order valence-corrected chi connectivity index (χ1v) is 6.58. The molecule has 1 aliphatic rings. The van der Waals surface area contributed by atoms with Gasteiger partial charge in [-0.15, -0.1) is 0 Å². The fourth-order valence-electron chi connectivity index (χ4n) is 2.55. The van der Waals surface area contributed by atoms with Gasteiger partial charge in [0.25, 0.3) is 0 Å². The van der Waals surface area contributed by atoms with Crippen LogP contribution in [0.3, 0.4) is 0 Å². The average Bonchev–Trinajstić information content (AvgIpc) is 2.47. The molecular formula is C14H19F2NO3. The summed E-state index contributed by atoms with van der Waals surface area (Å²) in [6.07, 6.45) is 0.622. The normalized spacial score (nSPS) is 19.9. The SMILES string of the molecule is NCC1(C(O)c2ccc(OC(F)F)cc2)CCOCC1. The predicted molar refractivity (Wildman–Crippen MR) is 69.6 cm³/mol. The number of hydrogen-bond acceptors (Lipinski definition) is 4. The Morgan fingerprint density at radius 1 is 1.25 bits per heavy atom. The smallest absolute Gasteiger partial charge is 0.387 e. The van der Waals surface area contributed by atoms with Crippen molar-refractivity contribution in [2.45, 2.75) is 25.6 Å². The van der Waals surface area contributed by atoms with Gasteiger partial charge in [0.15, 0.2) is 0 Å². The van der Waals surface area contributed by atoms with Gasteiger partial charge in [0.05, 0.1) is 6.10 Å². The van der Waals surface area contributed by atoms with Crippen LogP contribution >= 0.6 is 0 Å². The fraction of sp³-hybridized carbons (Fsp3) is 0.571. The number of ether oxygens (including phenoxy) is 2. The minimum Gasteiger partial charge on any atom is -0.435 e. The highest BCUT2D eigenvalue weighted by molar-refractivity contribution is 5.29. The second kappa shape index (κ2) is 6.47. The maximum absolute atomic E-state index is 12.1. The molecule has 20 heavy (non-hydrogen) atoms. The molecule has 1 aromatic rings. The van der Waals surface area contributed by atoms with Crippen LogP contribution in [0.25, 0.3) is 0 Å². The van der Waals surface area contributed by atoms with Crippen molar-refractivity contribution in [3.05, 3.63) is 29.8 Å². The predicted octanol–water partition coefficient (Wildman–Crippen LogP) is 2.08. The highest BCUT2D eigenvalue weighted by Gasteiger charge is 2.39. The van der Waals surface area contributed by atoms with Crippen molar-refractivity contribution in [1.29, 1.82) is 0 Å².